The van der Waals surface area contributed by atoms with Gasteiger partial charge in [0.15, 0.2) is 0 Å². The maximum atomic E-state index is 13.5. The van der Waals surface area contributed by atoms with Gasteiger partial charge in [-0.1, -0.05) is 18.2 Å². The Morgan fingerprint density at radius 2 is 1.83 bits per heavy atom. The second-order valence-corrected chi connectivity index (χ2v) is 6.62. The van der Waals surface area contributed by atoms with Crippen LogP contribution in [0.4, 0.5) is 27.9 Å². The SMILES string of the molecule is FC(F)c1nnc(-c2ccnc(NC3(c4ccccc4C(F)(F)F)CCC3)n2)o1. The summed E-state index contributed by atoms with van der Waals surface area (Å²) in [6, 6.07) is 6.75. The fourth-order valence-corrected chi connectivity index (χ4v) is 3.32. The monoisotopic (exact) mass is 411 g/mol. The minimum absolute atomic E-state index is 0.0379. The van der Waals surface area contributed by atoms with Gasteiger partial charge in [-0.05, 0) is 37.0 Å². The molecule has 29 heavy (non-hydrogen) atoms. The van der Waals surface area contributed by atoms with Gasteiger partial charge in [-0.25, -0.2) is 9.97 Å². The molecule has 0 amide bonds. The third-order valence-electron chi connectivity index (χ3n) is 4.81. The molecule has 3 aromatic rings. The lowest BCUT2D eigenvalue weighted by atomic mass is 9.70. The molecule has 2 heterocycles. The van der Waals surface area contributed by atoms with Gasteiger partial charge in [0.2, 0.25) is 5.95 Å². The Morgan fingerprint density at radius 3 is 2.45 bits per heavy atom. The molecule has 0 saturated heterocycles. The van der Waals surface area contributed by atoms with Crippen LogP contribution in [0.1, 0.15) is 42.7 Å². The molecule has 1 aromatic carbocycles. The number of nitrogens with one attached hydrogen (secondary N) is 1. The van der Waals surface area contributed by atoms with E-state index in [1.54, 1.807) is 6.07 Å². The van der Waals surface area contributed by atoms with Gasteiger partial charge in [0.1, 0.15) is 5.69 Å². The van der Waals surface area contributed by atoms with Crippen LogP contribution >= 0.6 is 0 Å². The van der Waals surface area contributed by atoms with Crippen LogP contribution in [0.25, 0.3) is 11.6 Å². The van der Waals surface area contributed by atoms with E-state index >= 15 is 0 Å². The molecule has 1 fully saturated rings. The molecule has 1 saturated carbocycles. The molecule has 11 heteroatoms. The quantitative estimate of drug-likeness (QED) is 0.597. The minimum Gasteiger partial charge on any atom is -0.414 e. The second kappa shape index (κ2) is 7.05. The summed E-state index contributed by atoms with van der Waals surface area (Å²) < 4.78 is 70.6. The Morgan fingerprint density at radius 1 is 1.07 bits per heavy atom. The van der Waals surface area contributed by atoms with E-state index in [0.29, 0.717) is 12.8 Å². The Kier molecular flexibility index (Phi) is 4.67. The number of aromatic nitrogens is 4. The molecule has 4 rings (SSSR count). The van der Waals surface area contributed by atoms with Crippen molar-refractivity contribution in [3.8, 4) is 11.6 Å². The van der Waals surface area contributed by atoms with Crippen molar-refractivity contribution < 1.29 is 26.4 Å². The maximum Gasteiger partial charge on any atom is 0.416 e. The van der Waals surface area contributed by atoms with E-state index < -0.39 is 29.6 Å². The van der Waals surface area contributed by atoms with Crippen LogP contribution in [0.5, 0.6) is 0 Å². The topological polar surface area (TPSA) is 76.7 Å². The Hall–Kier alpha value is -3.11. The number of rotatable bonds is 5. The first kappa shape index (κ1) is 19.2. The second-order valence-electron chi connectivity index (χ2n) is 6.62. The van der Waals surface area contributed by atoms with Crippen LogP contribution in [0, 0.1) is 0 Å². The summed E-state index contributed by atoms with van der Waals surface area (Å²) in [5.74, 6) is -1.04. The summed E-state index contributed by atoms with van der Waals surface area (Å²) in [5.41, 5.74) is -1.50. The van der Waals surface area contributed by atoms with Crippen LogP contribution in [0.3, 0.4) is 0 Å². The number of alkyl halides is 5. The smallest absolute Gasteiger partial charge is 0.414 e. The molecule has 1 N–H and O–H groups in total. The largest absolute Gasteiger partial charge is 0.416 e. The van der Waals surface area contributed by atoms with Crippen molar-refractivity contribution >= 4 is 5.95 Å². The number of benzene rings is 1. The van der Waals surface area contributed by atoms with Gasteiger partial charge in [-0.2, -0.15) is 22.0 Å². The summed E-state index contributed by atoms with van der Waals surface area (Å²) in [5, 5.41) is 9.76. The molecule has 0 spiro atoms. The van der Waals surface area contributed by atoms with Gasteiger partial charge in [-0.15, -0.1) is 10.2 Å². The number of nitrogens with zero attached hydrogens (tertiary/aromatic N) is 4. The molecule has 0 unspecified atom stereocenters. The highest BCUT2D eigenvalue weighted by Crippen LogP contribution is 2.48. The number of anilines is 1. The van der Waals surface area contributed by atoms with Gasteiger partial charge in [0.05, 0.1) is 11.1 Å². The van der Waals surface area contributed by atoms with Crippen molar-refractivity contribution in [3.63, 3.8) is 0 Å². The summed E-state index contributed by atoms with van der Waals surface area (Å²) in [7, 11) is 0. The molecule has 1 aliphatic rings. The molecule has 1 aliphatic carbocycles. The summed E-state index contributed by atoms with van der Waals surface area (Å²) in [6.07, 6.45) is -4.43. The molecule has 0 aliphatic heterocycles. The maximum absolute atomic E-state index is 13.5. The first-order valence-corrected chi connectivity index (χ1v) is 8.68. The first-order chi connectivity index (χ1) is 13.8. The zero-order valence-corrected chi connectivity index (χ0v) is 14.7. The zero-order valence-electron chi connectivity index (χ0n) is 14.7. The molecule has 152 valence electrons. The molecular weight excluding hydrogens is 397 g/mol. The minimum atomic E-state index is -4.50. The van der Waals surface area contributed by atoms with E-state index in [4.69, 9.17) is 4.42 Å². The van der Waals surface area contributed by atoms with Crippen molar-refractivity contribution in [1.82, 2.24) is 20.2 Å². The van der Waals surface area contributed by atoms with Crippen molar-refractivity contribution in [2.75, 3.05) is 5.32 Å². The third-order valence-corrected chi connectivity index (χ3v) is 4.81. The van der Waals surface area contributed by atoms with E-state index in [1.165, 1.54) is 24.4 Å². The van der Waals surface area contributed by atoms with Gasteiger partial charge < -0.3 is 9.73 Å². The fraction of sp³-hybridized carbons (Fsp3) is 0.333. The van der Waals surface area contributed by atoms with E-state index in [9.17, 15) is 22.0 Å². The fourth-order valence-electron chi connectivity index (χ4n) is 3.32. The van der Waals surface area contributed by atoms with Crippen LogP contribution < -0.4 is 5.32 Å². The average molecular weight is 411 g/mol. The summed E-state index contributed by atoms with van der Waals surface area (Å²) in [6.45, 7) is 0. The number of hydrogen-bond acceptors (Lipinski definition) is 6. The molecule has 0 radical (unpaired) electrons. The molecule has 0 bridgehead atoms. The average Bonchev–Trinajstić information content (AvgIpc) is 3.15. The van der Waals surface area contributed by atoms with E-state index in [0.717, 1.165) is 12.5 Å². The Labute approximate surface area is 161 Å². The summed E-state index contributed by atoms with van der Waals surface area (Å²) in [4.78, 5) is 8.20. The normalized spacial score (nSPS) is 15.9. The Balaban J connectivity index is 1.67. The highest BCUT2D eigenvalue weighted by molar-refractivity contribution is 5.50. The zero-order chi connectivity index (χ0) is 20.6. The standard InChI is InChI=1S/C18H14F5N5O/c19-13(20)15-28-27-14(29-15)12-6-9-24-16(25-12)26-17(7-3-8-17)10-4-1-2-5-11(10)18(21,22)23/h1-2,4-6,9,13H,3,7-8H2,(H,24,25,26). The van der Waals surface area contributed by atoms with Crippen LogP contribution in [-0.4, -0.2) is 20.2 Å². The van der Waals surface area contributed by atoms with E-state index in [2.05, 4.69) is 25.5 Å². The molecule has 0 atom stereocenters. The molecule has 6 nitrogen and oxygen atoms in total. The van der Waals surface area contributed by atoms with Crippen LogP contribution in [-0.2, 0) is 11.7 Å². The lowest BCUT2D eigenvalue weighted by Crippen LogP contribution is -2.44. The van der Waals surface area contributed by atoms with Crippen molar-refractivity contribution in [2.24, 2.45) is 0 Å². The van der Waals surface area contributed by atoms with E-state index in [-0.39, 0.29) is 23.1 Å². The van der Waals surface area contributed by atoms with Gasteiger partial charge in [0, 0.05) is 6.20 Å². The highest BCUT2D eigenvalue weighted by Gasteiger charge is 2.45. The Bertz CT molecular complexity index is 1020. The molecular formula is C18H14F5N5O. The van der Waals surface area contributed by atoms with Gasteiger partial charge >= 0.3 is 12.6 Å². The van der Waals surface area contributed by atoms with Crippen molar-refractivity contribution in [2.45, 2.75) is 37.4 Å². The van der Waals surface area contributed by atoms with Crippen LogP contribution in [0.15, 0.2) is 40.9 Å². The summed E-state index contributed by atoms with van der Waals surface area (Å²) >= 11 is 0. The number of hydrogen-bond donors (Lipinski definition) is 1. The lowest BCUT2D eigenvalue weighted by Gasteiger charge is -2.44. The van der Waals surface area contributed by atoms with Gasteiger partial charge in [-0.3, -0.25) is 0 Å². The molecule has 2 aromatic heterocycles. The van der Waals surface area contributed by atoms with Crippen molar-refractivity contribution in [1.29, 1.82) is 0 Å². The lowest BCUT2D eigenvalue weighted by molar-refractivity contribution is -0.139. The van der Waals surface area contributed by atoms with E-state index in [1.807, 2.05) is 0 Å². The highest BCUT2D eigenvalue weighted by atomic mass is 19.4. The van der Waals surface area contributed by atoms with Crippen molar-refractivity contribution in [3.05, 3.63) is 53.5 Å². The predicted molar refractivity (Wildman–Crippen MR) is 90.9 cm³/mol. The van der Waals surface area contributed by atoms with Gasteiger partial charge in [0.25, 0.3) is 11.8 Å². The van der Waals surface area contributed by atoms with Crippen LogP contribution in [0.2, 0.25) is 0 Å². The predicted octanol–water partition coefficient (Wildman–Crippen LogP) is 4.97. The third kappa shape index (κ3) is 3.64. The first-order valence-electron chi connectivity index (χ1n) is 8.68. The number of halogens is 5.